The van der Waals surface area contributed by atoms with Crippen LogP contribution in [0.5, 0.6) is 0 Å². The third kappa shape index (κ3) is 4.93. The summed E-state index contributed by atoms with van der Waals surface area (Å²) >= 11 is 0. The van der Waals surface area contributed by atoms with Crippen LogP contribution in [-0.4, -0.2) is 32.2 Å². The van der Waals surface area contributed by atoms with E-state index in [0.29, 0.717) is 0 Å². The Morgan fingerprint density at radius 3 is 2.30 bits per heavy atom. The predicted octanol–water partition coefficient (Wildman–Crippen LogP) is 3.39. The molecule has 0 saturated carbocycles. The maximum Gasteiger partial charge on any atom is 0.176 e. The normalized spacial score (nSPS) is 11.9. The predicted molar refractivity (Wildman–Crippen MR) is 85.5 cm³/mol. The standard InChI is InChI=1S/C18H28N2/c1-20(2,3)15-9-5-4-8-13-19-14-12-17-10-6-7-11-18(17)16-19/h6-7,10-12,14,16H,4-5,8-9,13,15H2,1-3H3/q+2. The lowest BCUT2D eigenvalue weighted by Crippen LogP contribution is -2.35. The van der Waals surface area contributed by atoms with E-state index >= 15 is 0 Å². The maximum absolute atomic E-state index is 2.32. The van der Waals surface area contributed by atoms with Crippen molar-refractivity contribution < 1.29 is 9.05 Å². The Morgan fingerprint density at radius 1 is 0.850 bits per heavy atom. The Labute approximate surface area is 123 Å². The molecule has 1 aromatic heterocycles. The van der Waals surface area contributed by atoms with Gasteiger partial charge >= 0.3 is 0 Å². The number of benzene rings is 1. The van der Waals surface area contributed by atoms with Crippen LogP contribution in [0, 0.1) is 0 Å². The van der Waals surface area contributed by atoms with Gasteiger partial charge in [-0.05, 0) is 30.7 Å². The van der Waals surface area contributed by atoms with Gasteiger partial charge in [0, 0.05) is 17.9 Å². The lowest BCUT2D eigenvalue weighted by molar-refractivity contribution is -0.870. The highest BCUT2D eigenvalue weighted by Crippen LogP contribution is 2.10. The molecule has 0 atom stereocenters. The highest BCUT2D eigenvalue weighted by atomic mass is 15.3. The molecule has 0 aliphatic rings. The fourth-order valence-corrected chi connectivity index (χ4v) is 2.55. The monoisotopic (exact) mass is 272 g/mol. The molecule has 0 saturated heterocycles. The topological polar surface area (TPSA) is 3.88 Å². The Kier molecular flexibility index (Phi) is 5.13. The van der Waals surface area contributed by atoms with Gasteiger partial charge < -0.3 is 4.48 Å². The van der Waals surface area contributed by atoms with E-state index in [4.69, 9.17) is 0 Å². The quantitative estimate of drug-likeness (QED) is 0.413. The highest BCUT2D eigenvalue weighted by Gasteiger charge is 2.06. The van der Waals surface area contributed by atoms with Crippen molar-refractivity contribution >= 4 is 10.8 Å². The Morgan fingerprint density at radius 2 is 1.55 bits per heavy atom. The number of aryl methyl sites for hydroxylation is 1. The number of quaternary nitrogens is 1. The second-order valence-corrected chi connectivity index (χ2v) is 6.74. The molecule has 0 fully saturated rings. The van der Waals surface area contributed by atoms with Gasteiger partial charge in [-0.25, -0.2) is 4.57 Å². The van der Waals surface area contributed by atoms with Crippen LogP contribution >= 0.6 is 0 Å². The second-order valence-electron chi connectivity index (χ2n) is 6.74. The molecule has 0 N–H and O–H groups in total. The van der Waals surface area contributed by atoms with E-state index in [9.17, 15) is 0 Å². The zero-order valence-corrected chi connectivity index (χ0v) is 13.2. The van der Waals surface area contributed by atoms with Crippen LogP contribution in [-0.2, 0) is 6.54 Å². The van der Waals surface area contributed by atoms with Crippen molar-refractivity contribution in [1.29, 1.82) is 0 Å². The average molecular weight is 272 g/mol. The summed E-state index contributed by atoms with van der Waals surface area (Å²) in [6, 6.07) is 10.8. The van der Waals surface area contributed by atoms with Gasteiger partial charge in [0.05, 0.1) is 27.7 Å². The molecule has 1 heterocycles. The number of nitrogens with zero attached hydrogens (tertiary/aromatic N) is 2. The molecular formula is C18H28N2+2. The van der Waals surface area contributed by atoms with Crippen molar-refractivity contribution in [3.05, 3.63) is 42.7 Å². The molecular weight excluding hydrogens is 244 g/mol. The summed E-state index contributed by atoms with van der Waals surface area (Å²) in [5.41, 5.74) is 0. The fourth-order valence-electron chi connectivity index (χ4n) is 2.55. The lowest BCUT2D eigenvalue weighted by Gasteiger charge is -2.23. The molecule has 2 aromatic rings. The number of pyridine rings is 1. The van der Waals surface area contributed by atoms with E-state index < -0.39 is 0 Å². The maximum atomic E-state index is 2.32. The number of hydrogen-bond donors (Lipinski definition) is 0. The molecule has 0 spiro atoms. The first-order valence-electron chi connectivity index (χ1n) is 7.73. The van der Waals surface area contributed by atoms with Crippen molar-refractivity contribution in [2.75, 3.05) is 27.7 Å². The first kappa shape index (κ1) is 15.0. The molecule has 0 bridgehead atoms. The minimum Gasteiger partial charge on any atom is -0.331 e. The van der Waals surface area contributed by atoms with Gasteiger partial charge in [0.2, 0.25) is 0 Å². The van der Waals surface area contributed by atoms with Gasteiger partial charge in [-0.3, -0.25) is 0 Å². The summed E-state index contributed by atoms with van der Waals surface area (Å²) in [6.45, 7) is 2.42. The van der Waals surface area contributed by atoms with E-state index in [0.717, 1.165) is 11.0 Å². The van der Waals surface area contributed by atoms with Gasteiger partial charge in [0.25, 0.3) is 0 Å². The average Bonchev–Trinajstić information content (AvgIpc) is 2.41. The van der Waals surface area contributed by atoms with Crippen LogP contribution in [0.15, 0.2) is 42.7 Å². The minimum atomic E-state index is 1.08. The van der Waals surface area contributed by atoms with E-state index in [1.807, 2.05) is 0 Å². The van der Waals surface area contributed by atoms with Crippen LogP contribution in [0.4, 0.5) is 0 Å². The molecule has 108 valence electrons. The molecule has 0 aliphatic heterocycles. The third-order valence-corrected chi connectivity index (χ3v) is 3.74. The molecule has 0 radical (unpaired) electrons. The lowest BCUT2D eigenvalue weighted by atomic mass is 10.1. The summed E-state index contributed by atoms with van der Waals surface area (Å²) in [4.78, 5) is 0. The van der Waals surface area contributed by atoms with Crippen LogP contribution in [0.3, 0.4) is 0 Å². The molecule has 0 aliphatic carbocycles. The first-order valence-corrected chi connectivity index (χ1v) is 7.73. The summed E-state index contributed by atoms with van der Waals surface area (Å²) < 4.78 is 3.40. The molecule has 2 nitrogen and oxygen atoms in total. The summed E-state index contributed by atoms with van der Waals surface area (Å²) in [7, 11) is 6.81. The third-order valence-electron chi connectivity index (χ3n) is 3.74. The first-order chi connectivity index (χ1) is 9.54. The molecule has 20 heavy (non-hydrogen) atoms. The van der Waals surface area contributed by atoms with Crippen molar-refractivity contribution in [1.82, 2.24) is 0 Å². The fraction of sp³-hybridized carbons (Fsp3) is 0.500. The second kappa shape index (κ2) is 6.85. The number of hydrogen-bond acceptors (Lipinski definition) is 0. The number of aromatic nitrogens is 1. The zero-order valence-electron chi connectivity index (χ0n) is 13.2. The Balaban J connectivity index is 1.73. The smallest absolute Gasteiger partial charge is 0.176 e. The molecule has 2 rings (SSSR count). The van der Waals surface area contributed by atoms with Gasteiger partial charge in [0.1, 0.15) is 6.54 Å². The minimum absolute atomic E-state index is 1.08. The van der Waals surface area contributed by atoms with E-state index in [1.165, 1.54) is 43.0 Å². The Bertz CT molecular complexity index is 540. The molecule has 0 amide bonds. The van der Waals surface area contributed by atoms with Crippen LogP contribution in [0.25, 0.3) is 10.8 Å². The van der Waals surface area contributed by atoms with Gasteiger partial charge in [-0.15, -0.1) is 0 Å². The van der Waals surface area contributed by atoms with Crippen LogP contribution in [0.1, 0.15) is 25.7 Å². The van der Waals surface area contributed by atoms with Crippen molar-refractivity contribution in [2.24, 2.45) is 0 Å². The van der Waals surface area contributed by atoms with Crippen molar-refractivity contribution in [3.8, 4) is 0 Å². The number of rotatable bonds is 7. The van der Waals surface area contributed by atoms with E-state index in [-0.39, 0.29) is 0 Å². The van der Waals surface area contributed by atoms with Crippen LogP contribution < -0.4 is 4.57 Å². The van der Waals surface area contributed by atoms with Gasteiger partial charge in [-0.2, -0.15) is 0 Å². The van der Waals surface area contributed by atoms with Gasteiger partial charge in [-0.1, -0.05) is 18.2 Å². The van der Waals surface area contributed by atoms with E-state index in [2.05, 4.69) is 68.4 Å². The molecule has 1 aromatic carbocycles. The SMILES string of the molecule is C[N+](C)(C)CCCCCC[n+]1ccc2ccccc2c1. The van der Waals surface area contributed by atoms with Crippen molar-refractivity contribution in [2.45, 2.75) is 32.2 Å². The number of unbranched alkanes of at least 4 members (excludes halogenated alkanes) is 3. The summed E-state index contributed by atoms with van der Waals surface area (Å²) in [5, 5.41) is 2.66. The molecule has 2 heteroatoms. The van der Waals surface area contributed by atoms with Crippen LogP contribution in [0.2, 0.25) is 0 Å². The number of fused-ring (bicyclic) bond motifs is 1. The Hall–Kier alpha value is -1.41. The zero-order chi connectivity index (χ0) is 14.4. The summed E-state index contributed by atoms with van der Waals surface area (Å²) in [6.07, 6.45) is 9.77. The van der Waals surface area contributed by atoms with Gasteiger partial charge in [0.15, 0.2) is 12.4 Å². The highest BCUT2D eigenvalue weighted by molar-refractivity contribution is 5.80. The van der Waals surface area contributed by atoms with Crippen molar-refractivity contribution in [3.63, 3.8) is 0 Å². The summed E-state index contributed by atoms with van der Waals surface area (Å²) in [5.74, 6) is 0. The van der Waals surface area contributed by atoms with E-state index in [1.54, 1.807) is 0 Å². The molecule has 0 unspecified atom stereocenters. The largest absolute Gasteiger partial charge is 0.331 e.